The summed E-state index contributed by atoms with van der Waals surface area (Å²) in [6.45, 7) is 1.12. The molecule has 0 aliphatic carbocycles. The molecule has 0 fully saturated rings. The molecule has 3 aromatic rings. The van der Waals surface area contributed by atoms with Gasteiger partial charge >= 0.3 is 0 Å². The summed E-state index contributed by atoms with van der Waals surface area (Å²) in [5, 5.41) is 9.33. The quantitative estimate of drug-likeness (QED) is 0.579. The van der Waals surface area contributed by atoms with Crippen LogP contribution in [0, 0.1) is 0 Å². The van der Waals surface area contributed by atoms with E-state index in [2.05, 4.69) is 30.9 Å². The summed E-state index contributed by atoms with van der Waals surface area (Å²) >= 11 is 0. The number of hydrogen-bond acceptors (Lipinski definition) is 6. The van der Waals surface area contributed by atoms with E-state index in [1.54, 1.807) is 12.4 Å². The first-order valence-corrected chi connectivity index (χ1v) is 8.42. The minimum absolute atomic E-state index is 0.0176. The Morgan fingerprint density at radius 2 is 1.81 bits per heavy atom. The Labute approximate surface area is 150 Å². The largest absolute Gasteiger partial charge is 0.368 e. The van der Waals surface area contributed by atoms with E-state index in [-0.39, 0.29) is 5.91 Å². The van der Waals surface area contributed by atoms with Crippen LogP contribution in [0.2, 0.25) is 0 Å². The number of carbonyl (C=O) groups excluding carboxylic acids is 1. The van der Waals surface area contributed by atoms with E-state index in [1.807, 2.05) is 42.5 Å². The summed E-state index contributed by atoms with van der Waals surface area (Å²) in [6.07, 6.45) is 3.78. The van der Waals surface area contributed by atoms with Crippen molar-refractivity contribution in [1.29, 1.82) is 0 Å². The second kappa shape index (κ2) is 7.18. The first-order chi connectivity index (χ1) is 12.8. The number of rotatable bonds is 0. The second-order valence-corrected chi connectivity index (χ2v) is 5.97. The van der Waals surface area contributed by atoms with Gasteiger partial charge in [-0.05, 0) is 35.9 Å². The van der Waals surface area contributed by atoms with Crippen LogP contribution in [0.25, 0.3) is 11.3 Å². The lowest BCUT2D eigenvalue weighted by molar-refractivity contribution is -0.120. The summed E-state index contributed by atoms with van der Waals surface area (Å²) in [6, 6.07) is 13.4. The molecule has 1 aromatic carbocycles. The molecule has 0 radical (unpaired) electrons. The van der Waals surface area contributed by atoms with Crippen molar-refractivity contribution in [3.63, 3.8) is 0 Å². The number of aromatic nitrogens is 3. The Balaban J connectivity index is 1.72. The number of hydrogen-bond donors (Lipinski definition) is 3. The third kappa shape index (κ3) is 3.77. The SMILES string of the molecule is O=C1Cc2cccc(c2)Nc2nccc(n2)-c2ccnc(c2)NCCN1. The molecule has 7 heteroatoms. The highest BCUT2D eigenvalue weighted by Gasteiger charge is 2.08. The van der Waals surface area contributed by atoms with Crippen LogP contribution in [0.5, 0.6) is 0 Å². The van der Waals surface area contributed by atoms with Gasteiger partial charge in [-0.1, -0.05) is 12.1 Å². The average Bonchev–Trinajstić information content (AvgIpc) is 2.65. The van der Waals surface area contributed by atoms with Crippen LogP contribution in [0.4, 0.5) is 17.5 Å². The number of amides is 1. The van der Waals surface area contributed by atoms with E-state index in [1.165, 1.54) is 0 Å². The summed E-state index contributed by atoms with van der Waals surface area (Å²) in [7, 11) is 0. The van der Waals surface area contributed by atoms with E-state index in [0.29, 0.717) is 25.5 Å². The van der Waals surface area contributed by atoms with Gasteiger partial charge in [0.1, 0.15) is 5.82 Å². The molecular formula is C19H18N6O. The van der Waals surface area contributed by atoms with Crippen molar-refractivity contribution in [3.05, 3.63) is 60.4 Å². The molecule has 2 aromatic heterocycles. The summed E-state index contributed by atoms with van der Waals surface area (Å²) in [4.78, 5) is 25.3. The molecule has 130 valence electrons. The molecule has 0 atom stereocenters. The van der Waals surface area contributed by atoms with Gasteiger partial charge in [0.2, 0.25) is 11.9 Å². The van der Waals surface area contributed by atoms with Crippen molar-refractivity contribution in [2.45, 2.75) is 6.42 Å². The number of benzene rings is 1. The highest BCUT2D eigenvalue weighted by Crippen LogP contribution is 2.21. The fourth-order valence-electron chi connectivity index (χ4n) is 2.79. The molecular weight excluding hydrogens is 328 g/mol. The molecule has 1 aliphatic rings. The maximum absolute atomic E-state index is 12.1. The van der Waals surface area contributed by atoms with Crippen LogP contribution in [-0.4, -0.2) is 33.9 Å². The third-order valence-electron chi connectivity index (χ3n) is 4.01. The summed E-state index contributed by atoms with van der Waals surface area (Å²) < 4.78 is 0. The van der Waals surface area contributed by atoms with Crippen LogP contribution in [0.3, 0.4) is 0 Å². The Kier molecular flexibility index (Phi) is 4.42. The Bertz CT molecular complexity index is 943. The van der Waals surface area contributed by atoms with E-state index in [0.717, 1.165) is 28.3 Å². The van der Waals surface area contributed by atoms with Crippen LogP contribution >= 0.6 is 0 Å². The van der Waals surface area contributed by atoms with Gasteiger partial charge in [0.05, 0.1) is 12.1 Å². The molecule has 1 aliphatic heterocycles. The van der Waals surface area contributed by atoms with Gasteiger partial charge in [0.25, 0.3) is 0 Å². The van der Waals surface area contributed by atoms with Crippen molar-refractivity contribution < 1.29 is 4.79 Å². The number of nitrogens with one attached hydrogen (secondary N) is 3. The molecule has 0 spiro atoms. The lowest BCUT2D eigenvalue weighted by atomic mass is 10.1. The molecule has 3 N–H and O–H groups in total. The number of fused-ring (bicyclic) bond motifs is 7. The topological polar surface area (TPSA) is 91.8 Å². The lowest BCUT2D eigenvalue weighted by Gasteiger charge is -2.11. The van der Waals surface area contributed by atoms with Crippen molar-refractivity contribution in [1.82, 2.24) is 20.3 Å². The normalized spacial score (nSPS) is 13.9. The molecule has 3 heterocycles. The third-order valence-corrected chi connectivity index (χ3v) is 4.01. The first kappa shape index (κ1) is 16.0. The Hall–Kier alpha value is -3.48. The van der Waals surface area contributed by atoms with Crippen LogP contribution in [0.1, 0.15) is 5.56 Å². The van der Waals surface area contributed by atoms with Crippen LogP contribution in [-0.2, 0) is 11.2 Å². The number of nitrogens with zero attached hydrogens (tertiary/aromatic N) is 3. The minimum atomic E-state index is -0.0176. The van der Waals surface area contributed by atoms with Crippen LogP contribution in [0.15, 0.2) is 54.9 Å². The average molecular weight is 346 g/mol. The van der Waals surface area contributed by atoms with Gasteiger partial charge in [-0.3, -0.25) is 4.79 Å². The number of carbonyl (C=O) groups is 1. The van der Waals surface area contributed by atoms with Gasteiger partial charge in [-0.25, -0.2) is 15.0 Å². The predicted octanol–water partition coefficient (Wildman–Crippen LogP) is 2.37. The highest BCUT2D eigenvalue weighted by molar-refractivity contribution is 5.79. The second-order valence-electron chi connectivity index (χ2n) is 5.97. The van der Waals surface area contributed by atoms with Gasteiger partial charge in [-0.15, -0.1) is 0 Å². The minimum Gasteiger partial charge on any atom is -0.368 e. The van der Waals surface area contributed by atoms with E-state index < -0.39 is 0 Å². The van der Waals surface area contributed by atoms with Crippen LogP contribution < -0.4 is 16.0 Å². The van der Waals surface area contributed by atoms with Crippen molar-refractivity contribution >= 4 is 23.4 Å². The maximum Gasteiger partial charge on any atom is 0.227 e. The van der Waals surface area contributed by atoms with E-state index in [4.69, 9.17) is 0 Å². The van der Waals surface area contributed by atoms with Crippen molar-refractivity contribution in [2.75, 3.05) is 23.7 Å². The standard InChI is InChI=1S/C19H18N6O/c26-18-11-13-2-1-3-15(10-13)24-19-23-7-5-16(25-19)14-4-6-20-17(12-14)21-8-9-22-18/h1-7,10,12H,8-9,11H2,(H,20,21)(H,22,26)(H,23,24,25). The maximum atomic E-state index is 12.1. The first-order valence-electron chi connectivity index (χ1n) is 8.42. The molecule has 4 rings (SSSR count). The van der Waals surface area contributed by atoms with Gasteiger partial charge < -0.3 is 16.0 Å². The molecule has 1 amide bonds. The lowest BCUT2D eigenvalue weighted by Crippen LogP contribution is -2.30. The predicted molar refractivity (Wildman–Crippen MR) is 100 cm³/mol. The molecule has 0 saturated heterocycles. The smallest absolute Gasteiger partial charge is 0.227 e. The zero-order chi connectivity index (χ0) is 17.8. The summed E-state index contributed by atoms with van der Waals surface area (Å²) in [5.74, 6) is 1.22. The number of anilines is 3. The Morgan fingerprint density at radius 3 is 2.77 bits per heavy atom. The van der Waals surface area contributed by atoms with Gasteiger partial charge in [-0.2, -0.15) is 0 Å². The van der Waals surface area contributed by atoms with Gasteiger partial charge in [0.15, 0.2) is 0 Å². The van der Waals surface area contributed by atoms with Crippen molar-refractivity contribution in [3.8, 4) is 11.3 Å². The van der Waals surface area contributed by atoms with E-state index >= 15 is 0 Å². The molecule has 0 saturated carbocycles. The monoisotopic (exact) mass is 346 g/mol. The molecule has 0 unspecified atom stereocenters. The fourth-order valence-corrected chi connectivity index (χ4v) is 2.79. The zero-order valence-electron chi connectivity index (χ0n) is 14.1. The fraction of sp³-hybridized carbons (Fsp3) is 0.158. The molecule has 6 bridgehead atoms. The van der Waals surface area contributed by atoms with E-state index in [9.17, 15) is 4.79 Å². The van der Waals surface area contributed by atoms with Gasteiger partial charge in [0, 0.05) is 36.7 Å². The zero-order valence-corrected chi connectivity index (χ0v) is 14.1. The molecule has 7 nitrogen and oxygen atoms in total. The number of pyridine rings is 1. The summed E-state index contributed by atoms with van der Waals surface area (Å²) in [5.41, 5.74) is 3.52. The van der Waals surface area contributed by atoms with Crippen molar-refractivity contribution in [2.24, 2.45) is 0 Å². The Morgan fingerprint density at radius 1 is 0.923 bits per heavy atom. The molecule has 26 heavy (non-hydrogen) atoms. The highest BCUT2D eigenvalue weighted by atomic mass is 16.1.